The Morgan fingerprint density at radius 2 is 1.35 bits per heavy atom. The topological polar surface area (TPSA) is 13.1 Å². The lowest BCUT2D eigenvalue weighted by molar-refractivity contribution is 0.670. The van der Waals surface area contributed by atoms with E-state index in [1.165, 1.54) is 0 Å². The van der Waals surface area contributed by atoms with Crippen molar-refractivity contribution < 1.29 is 4.42 Å². The van der Waals surface area contributed by atoms with E-state index in [2.05, 4.69) is 42.5 Å². The van der Waals surface area contributed by atoms with Crippen LogP contribution in [-0.4, -0.2) is 0 Å². The standard InChI is InChI=1S/C24H15ClO/c25-17-13-14-18(22(15-17)16-7-2-1-3-8-16)20-10-6-11-21-19-9-4-5-12-23(19)26-24(20)21/h1-15H. The molecule has 0 amide bonds. The zero-order valence-electron chi connectivity index (χ0n) is 13.9. The number of para-hydroxylation sites is 2. The normalized spacial score (nSPS) is 11.3. The molecule has 1 aromatic heterocycles. The van der Waals surface area contributed by atoms with Gasteiger partial charge in [-0.2, -0.15) is 0 Å². The lowest BCUT2D eigenvalue weighted by Crippen LogP contribution is -1.86. The minimum absolute atomic E-state index is 0.726. The van der Waals surface area contributed by atoms with Gasteiger partial charge in [0.2, 0.25) is 0 Å². The maximum atomic E-state index is 6.31. The van der Waals surface area contributed by atoms with Gasteiger partial charge >= 0.3 is 0 Å². The molecular weight excluding hydrogens is 340 g/mol. The van der Waals surface area contributed by atoms with Gasteiger partial charge in [-0.25, -0.2) is 0 Å². The summed E-state index contributed by atoms with van der Waals surface area (Å²) < 4.78 is 6.23. The van der Waals surface area contributed by atoms with E-state index in [1.54, 1.807) is 0 Å². The van der Waals surface area contributed by atoms with Crippen LogP contribution in [0.2, 0.25) is 5.02 Å². The van der Waals surface area contributed by atoms with Gasteiger partial charge in [-0.3, -0.25) is 0 Å². The van der Waals surface area contributed by atoms with Gasteiger partial charge in [0.15, 0.2) is 0 Å². The monoisotopic (exact) mass is 354 g/mol. The molecule has 2 heteroatoms. The SMILES string of the molecule is Clc1ccc(-c2cccc3c2oc2ccccc23)c(-c2ccccc2)c1. The molecular formula is C24H15ClO. The highest BCUT2D eigenvalue weighted by atomic mass is 35.5. The Labute approximate surface area is 156 Å². The second-order valence-electron chi connectivity index (χ2n) is 6.34. The van der Waals surface area contributed by atoms with Crippen molar-refractivity contribution in [1.82, 2.24) is 0 Å². The predicted molar refractivity (Wildman–Crippen MR) is 110 cm³/mol. The molecule has 0 bridgehead atoms. The summed E-state index contributed by atoms with van der Waals surface area (Å²) >= 11 is 6.31. The summed E-state index contributed by atoms with van der Waals surface area (Å²) in [6.45, 7) is 0. The molecule has 0 aliphatic rings. The van der Waals surface area contributed by atoms with Crippen molar-refractivity contribution in [3.8, 4) is 22.3 Å². The highest BCUT2D eigenvalue weighted by molar-refractivity contribution is 6.31. The summed E-state index contributed by atoms with van der Waals surface area (Å²) in [5.41, 5.74) is 6.25. The first-order chi connectivity index (χ1) is 12.8. The molecule has 0 atom stereocenters. The Morgan fingerprint density at radius 3 is 2.23 bits per heavy atom. The number of furan rings is 1. The predicted octanol–water partition coefficient (Wildman–Crippen LogP) is 7.57. The van der Waals surface area contributed by atoms with Crippen LogP contribution in [0.3, 0.4) is 0 Å². The third kappa shape index (κ3) is 2.40. The molecule has 0 N–H and O–H groups in total. The van der Waals surface area contributed by atoms with Crippen LogP contribution in [-0.2, 0) is 0 Å². The molecule has 5 rings (SSSR count). The van der Waals surface area contributed by atoms with Gasteiger partial charge in [0, 0.05) is 21.4 Å². The fraction of sp³-hybridized carbons (Fsp3) is 0. The van der Waals surface area contributed by atoms with E-state index < -0.39 is 0 Å². The number of hydrogen-bond donors (Lipinski definition) is 0. The smallest absolute Gasteiger partial charge is 0.143 e. The third-order valence-electron chi connectivity index (χ3n) is 4.76. The molecule has 1 heterocycles. The molecule has 1 nitrogen and oxygen atoms in total. The number of halogens is 1. The van der Waals surface area contributed by atoms with Crippen molar-refractivity contribution in [3.63, 3.8) is 0 Å². The zero-order chi connectivity index (χ0) is 17.5. The van der Waals surface area contributed by atoms with Crippen LogP contribution in [0.1, 0.15) is 0 Å². The Kier molecular flexibility index (Phi) is 3.55. The van der Waals surface area contributed by atoms with E-state index >= 15 is 0 Å². The fourth-order valence-corrected chi connectivity index (χ4v) is 3.74. The van der Waals surface area contributed by atoms with Crippen molar-refractivity contribution in [1.29, 1.82) is 0 Å². The third-order valence-corrected chi connectivity index (χ3v) is 5.00. The van der Waals surface area contributed by atoms with Gasteiger partial charge < -0.3 is 4.42 Å². The second kappa shape index (κ2) is 6.05. The van der Waals surface area contributed by atoms with Crippen LogP contribution in [0.5, 0.6) is 0 Å². The van der Waals surface area contributed by atoms with Gasteiger partial charge in [-0.1, -0.05) is 84.4 Å². The van der Waals surface area contributed by atoms with Crippen molar-refractivity contribution in [2.24, 2.45) is 0 Å². The molecule has 0 radical (unpaired) electrons. The van der Waals surface area contributed by atoms with E-state index in [9.17, 15) is 0 Å². The Hall–Kier alpha value is -3.03. The quantitative estimate of drug-likeness (QED) is 0.318. The molecule has 0 aliphatic heterocycles. The lowest BCUT2D eigenvalue weighted by Gasteiger charge is -2.11. The van der Waals surface area contributed by atoms with Crippen LogP contribution >= 0.6 is 11.6 Å². The first kappa shape index (κ1) is 15.2. The van der Waals surface area contributed by atoms with E-state index in [0.717, 1.165) is 49.2 Å². The summed E-state index contributed by atoms with van der Waals surface area (Å²) in [6, 6.07) is 30.8. The fourth-order valence-electron chi connectivity index (χ4n) is 3.57. The molecule has 0 aliphatic carbocycles. The van der Waals surface area contributed by atoms with Crippen molar-refractivity contribution in [2.75, 3.05) is 0 Å². The summed E-state index contributed by atoms with van der Waals surface area (Å²) in [7, 11) is 0. The van der Waals surface area contributed by atoms with Crippen LogP contribution < -0.4 is 0 Å². The summed E-state index contributed by atoms with van der Waals surface area (Å²) in [6.07, 6.45) is 0. The van der Waals surface area contributed by atoms with Gasteiger partial charge in [-0.05, 0) is 34.9 Å². The van der Waals surface area contributed by atoms with Crippen LogP contribution in [0.4, 0.5) is 0 Å². The molecule has 0 spiro atoms. The number of fused-ring (bicyclic) bond motifs is 3. The minimum Gasteiger partial charge on any atom is -0.455 e. The largest absolute Gasteiger partial charge is 0.455 e. The van der Waals surface area contributed by atoms with Crippen molar-refractivity contribution >= 4 is 33.5 Å². The molecule has 0 saturated carbocycles. The summed E-state index contributed by atoms with van der Waals surface area (Å²) in [4.78, 5) is 0. The first-order valence-electron chi connectivity index (χ1n) is 8.57. The molecule has 5 aromatic rings. The molecule has 0 fully saturated rings. The van der Waals surface area contributed by atoms with E-state index in [-0.39, 0.29) is 0 Å². The van der Waals surface area contributed by atoms with Gasteiger partial charge in [-0.15, -0.1) is 0 Å². The maximum Gasteiger partial charge on any atom is 0.143 e. The molecule has 4 aromatic carbocycles. The zero-order valence-corrected chi connectivity index (χ0v) is 14.7. The van der Waals surface area contributed by atoms with Crippen LogP contribution in [0, 0.1) is 0 Å². The number of benzene rings is 4. The second-order valence-corrected chi connectivity index (χ2v) is 6.77. The maximum absolute atomic E-state index is 6.31. The Balaban J connectivity index is 1.84. The van der Waals surface area contributed by atoms with Gasteiger partial charge in [0.25, 0.3) is 0 Å². The highest BCUT2D eigenvalue weighted by Gasteiger charge is 2.15. The van der Waals surface area contributed by atoms with Crippen molar-refractivity contribution in [2.45, 2.75) is 0 Å². The molecule has 0 saturated heterocycles. The minimum atomic E-state index is 0.726. The van der Waals surface area contributed by atoms with Crippen LogP contribution in [0.15, 0.2) is 95.4 Å². The molecule has 26 heavy (non-hydrogen) atoms. The average molecular weight is 355 g/mol. The average Bonchev–Trinajstić information content (AvgIpc) is 3.08. The van der Waals surface area contributed by atoms with E-state index in [1.807, 2.05) is 48.5 Å². The Bertz CT molecular complexity index is 1240. The summed E-state index contributed by atoms with van der Waals surface area (Å²) in [5, 5.41) is 3.00. The van der Waals surface area contributed by atoms with E-state index in [4.69, 9.17) is 16.0 Å². The molecule has 0 unspecified atom stereocenters. The Morgan fingerprint density at radius 1 is 0.577 bits per heavy atom. The number of rotatable bonds is 2. The van der Waals surface area contributed by atoms with E-state index in [0.29, 0.717) is 0 Å². The number of hydrogen-bond acceptors (Lipinski definition) is 1. The first-order valence-corrected chi connectivity index (χ1v) is 8.95. The van der Waals surface area contributed by atoms with Crippen molar-refractivity contribution in [3.05, 3.63) is 96.0 Å². The van der Waals surface area contributed by atoms with Gasteiger partial charge in [0.1, 0.15) is 11.2 Å². The van der Waals surface area contributed by atoms with Crippen LogP contribution in [0.25, 0.3) is 44.2 Å². The summed E-state index contributed by atoms with van der Waals surface area (Å²) in [5.74, 6) is 0. The molecule has 124 valence electrons. The van der Waals surface area contributed by atoms with Gasteiger partial charge in [0.05, 0.1) is 0 Å². The highest BCUT2D eigenvalue weighted by Crippen LogP contribution is 2.40. The lowest BCUT2D eigenvalue weighted by atomic mass is 9.93.